The highest BCUT2D eigenvalue weighted by Gasteiger charge is 1.91. The number of carboxylic acids is 2. The molecule has 0 radical (unpaired) electrons. The van der Waals surface area contributed by atoms with E-state index in [9.17, 15) is 4.79 Å². The van der Waals surface area contributed by atoms with Gasteiger partial charge in [0.15, 0.2) is 0 Å². The van der Waals surface area contributed by atoms with Crippen LogP contribution in [-0.4, -0.2) is 22.2 Å². The van der Waals surface area contributed by atoms with Gasteiger partial charge < -0.3 is 15.9 Å². The van der Waals surface area contributed by atoms with E-state index in [1.54, 1.807) is 0 Å². The Morgan fingerprint density at radius 3 is 1.50 bits per heavy atom. The summed E-state index contributed by atoms with van der Waals surface area (Å²) in [6.45, 7) is 4.02. The minimum atomic E-state index is -1.16. The molecule has 0 rings (SSSR count). The van der Waals surface area contributed by atoms with Gasteiger partial charge in [0.2, 0.25) is 0 Å². The van der Waals surface area contributed by atoms with E-state index in [1.165, 1.54) is 0 Å². The van der Waals surface area contributed by atoms with Crippen molar-refractivity contribution in [1.82, 2.24) is 0 Å². The lowest BCUT2D eigenvalue weighted by atomic mass is 10.5. The second-order valence-corrected chi connectivity index (χ2v) is 1.35. The molecule has 5 heteroatoms. The van der Waals surface area contributed by atoms with Gasteiger partial charge in [-0.25, -0.2) is 4.79 Å². The Bertz CT molecular complexity index is 136. The van der Waals surface area contributed by atoms with E-state index in [4.69, 9.17) is 15.0 Å². The molecule has 0 bridgehead atoms. The van der Waals surface area contributed by atoms with Crippen LogP contribution in [0.3, 0.4) is 0 Å². The zero-order valence-electron chi connectivity index (χ0n) is 5.50. The standard InChI is InChI=1S/C3H5NO2.C2H4O2/c1-2(4)3(5)6;1-2(3)4/h1,4H2,(H,5,6);1H3,(H,3,4). The fraction of sp³-hybridized carbons (Fsp3) is 0.200. The van der Waals surface area contributed by atoms with E-state index in [1.807, 2.05) is 0 Å². The number of rotatable bonds is 1. The molecule has 10 heavy (non-hydrogen) atoms. The van der Waals surface area contributed by atoms with Gasteiger partial charge in [-0.2, -0.15) is 0 Å². The second kappa shape index (κ2) is 5.61. The molecule has 0 atom stereocenters. The largest absolute Gasteiger partial charge is 0.481 e. The topological polar surface area (TPSA) is 101 Å². The molecule has 4 N–H and O–H groups in total. The monoisotopic (exact) mass is 147 g/mol. The zero-order chi connectivity index (χ0) is 8.73. The fourth-order valence-electron chi connectivity index (χ4n) is 0. The van der Waals surface area contributed by atoms with Gasteiger partial charge in [-0.15, -0.1) is 0 Å². The number of nitrogens with two attached hydrogens (primary N) is 1. The molecule has 0 aliphatic carbocycles. The Balaban J connectivity index is 0. The summed E-state index contributed by atoms with van der Waals surface area (Å²) in [5, 5.41) is 15.2. The van der Waals surface area contributed by atoms with Gasteiger partial charge in [-0.3, -0.25) is 4.79 Å². The van der Waals surface area contributed by atoms with Crippen molar-refractivity contribution in [2.24, 2.45) is 5.73 Å². The molecule has 0 aromatic rings. The van der Waals surface area contributed by atoms with Crippen molar-refractivity contribution in [2.75, 3.05) is 0 Å². The van der Waals surface area contributed by atoms with Gasteiger partial charge in [0.25, 0.3) is 5.97 Å². The molecular formula is C5H9NO4. The highest BCUT2D eigenvalue weighted by molar-refractivity contribution is 5.84. The lowest BCUT2D eigenvalue weighted by Gasteiger charge is -1.81. The summed E-state index contributed by atoms with van der Waals surface area (Å²) in [5.74, 6) is -1.99. The Morgan fingerprint density at radius 2 is 1.50 bits per heavy atom. The first-order valence-corrected chi connectivity index (χ1v) is 2.25. The van der Waals surface area contributed by atoms with Gasteiger partial charge in [-0.1, -0.05) is 6.58 Å². The van der Waals surface area contributed by atoms with Crippen LogP contribution >= 0.6 is 0 Å². The maximum absolute atomic E-state index is 9.47. The van der Waals surface area contributed by atoms with E-state index in [-0.39, 0.29) is 5.70 Å². The van der Waals surface area contributed by atoms with Crippen LogP contribution in [0.5, 0.6) is 0 Å². The first-order valence-electron chi connectivity index (χ1n) is 2.25. The van der Waals surface area contributed by atoms with Crippen molar-refractivity contribution in [3.63, 3.8) is 0 Å². The molecule has 5 nitrogen and oxygen atoms in total. The van der Waals surface area contributed by atoms with Crippen molar-refractivity contribution in [1.29, 1.82) is 0 Å². The molecule has 58 valence electrons. The average Bonchev–Trinajstić information content (AvgIpc) is 1.63. The van der Waals surface area contributed by atoms with Crippen molar-refractivity contribution in [3.8, 4) is 0 Å². The molecule has 0 saturated carbocycles. The molecule has 0 unspecified atom stereocenters. The lowest BCUT2D eigenvalue weighted by molar-refractivity contribution is -0.134. The molecule has 0 saturated heterocycles. The van der Waals surface area contributed by atoms with Crippen LogP contribution in [0.15, 0.2) is 12.3 Å². The van der Waals surface area contributed by atoms with Gasteiger partial charge in [0.05, 0.1) is 0 Å². The summed E-state index contributed by atoms with van der Waals surface area (Å²) in [7, 11) is 0. The van der Waals surface area contributed by atoms with Crippen LogP contribution in [0.25, 0.3) is 0 Å². The quantitative estimate of drug-likeness (QED) is 0.439. The van der Waals surface area contributed by atoms with Crippen LogP contribution in [0.4, 0.5) is 0 Å². The molecule has 0 heterocycles. The van der Waals surface area contributed by atoms with Crippen molar-refractivity contribution in [2.45, 2.75) is 6.92 Å². The van der Waals surface area contributed by atoms with Crippen molar-refractivity contribution in [3.05, 3.63) is 12.3 Å². The summed E-state index contributed by atoms with van der Waals surface area (Å²) in [4.78, 5) is 18.5. The van der Waals surface area contributed by atoms with Crippen molar-refractivity contribution < 1.29 is 19.8 Å². The molecule has 0 spiro atoms. The maximum atomic E-state index is 9.47. The number of aliphatic carboxylic acids is 2. The summed E-state index contributed by atoms with van der Waals surface area (Å²) in [6.07, 6.45) is 0. The highest BCUT2D eigenvalue weighted by Crippen LogP contribution is 1.69. The zero-order valence-corrected chi connectivity index (χ0v) is 5.50. The van der Waals surface area contributed by atoms with E-state index in [0.717, 1.165) is 6.92 Å². The number of carboxylic acid groups (broad SMARTS) is 2. The molecule has 0 fully saturated rings. The molecule has 0 aliphatic rings. The Labute approximate surface area is 57.8 Å². The molecule has 0 aromatic carbocycles. The van der Waals surface area contributed by atoms with Gasteiger partial charge in [0.1, 0.15) is 5.70 Å². The van der Waals surface area contributed by atoms with Crippen molar-refractivity contribution >= 4 is 11.9 Å². The lowest BCUT2D eigenvalue weighted by Crippen LogP contribution is -2.06. The molecular weight excluding hydrogens is 138 g/mol. The first-order chi connectivity index (χ1) is 4.37. The van der Waals surface area contributed by atoms with Crippen LogP contribution < -0.4 is 5.73 Å². The summed E-state index contributed by atoms with van der Waals surface area (Å²) >= 11 is 0. The minimum Gasteiger partial charge on any atom is -0.481 e. The number of hydrogen-bond donors (Lipinski definition) is 3. The minimum absolute atomic E-state index is 0.324. The molecule has 0 amide bonds. The van der Waals surface area contributed by atoms with E-state index >= 15 is 0 Å². The molecule has 0 aliphatic heterocycles. The van der Waals surface area contributed by atoms with Gasteiger partial charge >= 0.3 is 5.97 Å². The predicted octanol–water partition coefficient (Wildman–Crippen LogP) is -0.366. The molecule has 0 aromatic heterocycles. The van der Waals surface area contributed by atoms with Crippen LogP contribution in [0.2, 0.25) is 0 Å². The fourth-order valence-corrected chi connectivity index (χ4v) is 0. The average molecular weight is 147 g/mol. The Hall–Kier alpha value is -1.52. The first kappa shape index (κ1) is 11.3. The third-order valence-electron chi connectivity index (χ3n) is 0.275. The van der Waals surface area contributed by atoms with Crippen LogP contribution in [-0.2, 0) is 9.59 Å². The smallest absolute Gasteiger partial charge is 0.351 e. The van der Waals surface area contributed by atoms with Gasteiger partial charge in [0, 0.05) is 6.92 Å². The van der Waals surface area contributed by atoms with Crippen LogP contribution in [0.1, 0.15) is 6.92 Å². The number of carbonyl (C=O) groups is 2. The van der Waals surface area contributed by atoms with E-state index < -0.39 is 11.9 Å². The van der Waals surface area contributed by atoms with Gasteiger partial charge in [-0.05, 0) is 0 Å². The van der Waals surface area contributed by atoms with Crippen LogP contribution in [0, 0.1) is 0 Å². The third kappa shape index (κ3) is 31.6. The van der Waals surface area contributed by atoms with E-state index in [0.29, 0.717) is 0 Å². The summed E-state index contributed by atoms with van der Waals surface area (Å²) in [5.41, 5.74) is 4.32. The number of hydrogen-bond acceptors (Lipinski definition) is 3. The maximum Gasteiger partial charge on any atom is 0.351 e. The SMILES string of the molecule is C=C(N)C(=O)O.CC(=O)O. The second-order valence-electron chi connectivity index (χ2n) is 1.35. The van der Waals surface area contributed by atoms with E-state index in [2.05, 4.69) is 12.3 Å². The third-order valence-corrected chi connectivity index (χ3v) is 0.275. The highest BCUT2D eigenvalue weighted by atomic mass is 16.4. The summed E-state index contributed by atoms with van der Waals surface area (Å²) in [6, 6.07) is 0. The normalized spacial score (nSPS) is 6.90. The predicted molar refractivity (Wildman–Crippen MR) is 34.3 cm³/mol. The Kier molecular flexibility index (Phi) is 6.34. The summed E-state index contributed by atoms with van der Waals surface area (Å²) < 4.78 is 0. The Morgan fingerprint density at radius 1 is 1.40 bits per heavy atom.